The minimum Gasteiger partial charge on any atom is -0.481 e. The number of hydrogen-bond donors (Lipinski definition) is 3. The molecule has 102 valence electrons. The van der Waals surface area contributed by atoms with E-state index < -0.39 is 16.2 Å². The van der Waals surface area contributed by atoms with E-state index in [9.17, 15) is 13.2 Å². The molecule has 0 aliphatic carbocycles. The average Bonchev–Trinajstić information content (AvgIpc) is 2.25. The Kier molecular flexibility index (Phi) is 8.00. The summed E-state index contributed by atoms with van der Waals surface area (Å²) in [5.41, 5.74) is 0. The van der Waals surface area contributed by atoms with Gasteiger partial charge in [-0.15, -0.1) is 0 Å². The molecular weight excluding hydrogens is 252 g/mol. The van der Waals surface area contributed by atoms with Crippen LogP contribution in [0.3, 0.4) is 0 Å². The van der Waals surface area contributed by atoms with Crippen LogP contribution < -0.4 is 4.72 Å². The molecule has 3 N–H and O–H groups in total. The number of nitrogens with one attached hydrogen (secondary N) is 1. The molecule has 0 aromatic carbocycles. The van der Waals surface area contributed by atoms with Gasteiger partial charge in [0, 0.05) is 20.1 Å². The summed E-state index contributed by atoms with van der Waals surface area (Å²) in [6, 6.07) is 0. The summed E-state index contributed by atoms with van der Waals surface area (Å²) in [6.07, 6.45) is -0.252. The molecule has 0 rings (SSSR count). The van der Waals surface area contributed by atoms with Crippen LogP contribution in [-0.4, -0.2) is 68.9 Å². The second-order valence-electron chi connectivity index (χ2n) is 3.20. The molecule has 0 atom stereocenters. The number of aliphatic carboxylic acids is 1. The van der Waals surface area contributed by atoms with Crippen molar-refractivity contribution in [3.8, 4) is 0 Å². The van der Waals surface area contributed by atoms with Crippen molar-refractivity contribution in [3.63, 3.8) is 0 Å². The van der Waals surface area contributed by atoms with Gasteiger partial charge >= 0.3 is 5.97 Å². The number of carboxylic acid groups (broad SMARTS) is 1. The summed E-state index contributed by atoms with van der Waals surface area (Å²) in [5.74, 6) is -1.06. The van der Waals surface area contributed by atoms with E-state index in [1.165, 1.54) is 7.05 Å². The Balaban J connectivity index is 3.89. The van der Waals surface area contributed by atoms with Crippen LogP contribution in [0.1, 0.15) is 6.42 Å². The number of carboxylic acids is 1. The highest BCUT2D eigenvalue weighted by atomic mass is 32.2. The van der Waals surface area contributed by atoms with Gasteiger partial charge in [0.25, 0.3) is 10.2 Å². The van der Waals surface area contributed by atoms with Gasteiger partial charge in [-0.05, 0) is 0 Å². The van der Waals surface area contributed by atoms with Crippen LogP contribution in [0, 0.1) is 0 Å². The number of carbonyl (C=O) groups is 1. The van der Waals surface area contributed by atoms with Crippen LogP contribution in [0.5, 0.6) is 0 Å². The largest absolute Gasteiger partial charge is 0.481 e. The molecule has 0 heterocycles. The highest BCUT2D eigenvalue weighted by Crippen LogP contribution is 1.95. The van der Waals surface area contributed by atoms with Crippen LogP contribution in [0.25, 0.3) is 0 Å². The Hall–Kier alpha value is -0.740. The molecule has 8 nitrogen and oxygen atoms in total. The summed E-state index contributed by atoms with van der Waals surface area (Å²) in [5, 5.41) is 16.8. The molecule has 0 saturated carbocycles. The third-order valence-electron chi connectivity index (χ3n) is 1.82. The topological polar surface area (TPSA) is 116 Å². The Labute approximate surface area is 100 Å². The Morgan fingerprint density at radius 2 is 2.06 bits per heavy atom. The maximum absolute atomic E-state index is 11.5. The van der Waals surface area contributed by atoms with Gasteiger partial charge in [-0.2, -0.15) is 17.4 Å². The SMILES string of the molecule is CN(CCC(=O)O)S(=O)(=O)NCCOCCO. The van der Waals surface area contributed by atoms with E-state index in [1.807, 2.05) is 0 Å². The van der Waals surface area contributed by atoms with Crippen molar-refractivity contribution in [2.45, 2.75) is 6.42 Å². The number of ether oxygens (including phenoxy) is 1. The highest BCUT2D eigenvalue weighted by molar-refractivity contribution is 7.87. The number of nitrogens with zero attached hydrogens (tertiary/aromatic N) is 1. The maximum atomic E-state index is 11.5. The normalized spacial score (nSPS) is 11.9. The summed E-state index contributed by atoms with van der Waals surface area (Å²) in [7, 11) is -2.37. The molecular formula is C8H18N2O6S. The third-order valence-corrected chi connectivity index (χ3v) is 3.39. The molecule has 0 unspecified atom stereocenters. The van der Waals surface area contributed by atoms with E-state index in [1.54, 1.807) is 0 Å². The summed E-state index contributed by atoms with van der Waals surface area (Å²) in [4.78, 5) is 10.3. The summed E-state index contributed by atoms with van der Waals surface area (Å²) in [6.45, 7) is 0.149. The molecule has 0 aromatic heterocycles. The zero-order valence-electron chi connectivity index (χ0n) is 9.63. The molecule has 0 spiro atoms. The fraction of sp³-hybridized carbons (Fsp3) is 0.875. The van der Waals surface area contributed by atoms with Crippen molar-refractivity contribution in [2.75, 3.05) is 40.0 Å². The second kappa shape index (κ2) is 8.37. The number of aliphatic hydroxyl groups excluding tert-OH is 1. The quantitative estimate of drug-likeness (QED) is 0.405. The van der Waals surface area contributed by atoms with E-state index in [0.29, 0.717) is 0 Å². The van der Waals surface area contributed by atoms with Crippen molar-refractivity contribution in [3.05, 3.63) is 0 Å². The molecule has 0 bridgehead atoms. The summed E-state index contributed by atoms with van der Waals surface area (Å²) < 4.78 is 31.0. The molecule has 0 aliphatic rings. The first kappa shape index (κ1) is 16.3. The fourth-order valence-electron chi connectivity index (χ4n) is 0.893. The van der Waals surface area contributed by atoms with Gasteiger partial charge in [0.05, 0.1) is 26.2 Å². The lowest BCUT2D eigenvalue weighted by Crippen LogP contribution is -2.40. The van der Waals surface area contributed by atoms with Gasteiger partial charge in [0.1, 0.15) is 0 Å². The minimum absolute atomic E-state index is 0.0692. The lowest BCUT2D eigenvalue weighted by molar-refractivity contribution is -0.137. The molecule has 9 heteroatoms. The maximum Gasteiger partial charge on any atom is 0.304 e. The number of hydrogen-bond acceptors (Lipinski definition) is 5. The first-order valence-corrected chi connectivity index (χ1v) is 6.45. The van der Waals surface area contributed by atoms with Crippen LogP contribution in [-0.2, 0) is 19.7 Å². The first-order chi connectivity index (χ1) is 7.90. The van der Waals surface area contributed by atoms with E-state index in [0.717, 1.165) is 4.31 Å². The predicted molar refractivity (Wildman–Crippen MR) is 59.7 cm³/mol. The molecule has 0 aliphatic heterocycles. The van der Waals surface area contributed by atoms with Crippen molar-refractivity contribution >= 4 is 16.2 Å². The zero-order chi connectivity index (χ0) is 13.3. The van der Waals surface area contributed by atoms with Crippen molar-refractivity contribution in [2.24, 2.45) is 0 Å². The summed E-state index contributed by atoms with van der Waals surface area (Å²) >= 11 is 0. The van der Waals surface area contributed by atoms with E-state index in [4.69, 9.17) is 14.9 Å². The lowest BCUT2D eigenvalue weighted by atomic mass is 10.4. The second-order valence-corrected chi connectivity index (χ2v) is 5.06. The highest BCUT2D eigenvalue weighted by Gasteiger charge is 2.17. The van der Waals surface area contributed by atoms with E-state index in [-0.39, 0.29) is 39.3 Å². The zero-order valence-corrected chi connectivity index (χ0v) is 10.4. The van der Waals surface area contributed by atoms with Gasteiger partial charge in [0.15, 0.2) is 0 Å². The van der Waals surface area contributed by atoms with Gasteiger partial charge in [-0.1, -0.05) is 0 Å². The minimum atomic E-state index is -3.67. The predicted octanol–water partition coefficient (Wildman–Crippen LogP) is -1.76. The molecule has 0 radical (unpaired) electrons. The Bertz CT molecular complexity index is 318. The smallest absolute Gasteiger partial charge is 0.304 e. The van der Waals surface area contributed by atoms with Crippen LogP contribution >= 0.6 is 0 Å². The van der Waals surface area contributed by atoms with Gasteiger partial charge in [-0.3, -0.25) is 4.79 Å². The molecule has 17 heavy (non-hydrogen) atoms. The molecule has 0 saturated heterocycles. The van der Waals surface area contributed by atoms with Crippen molar-refractivity contribution in [1.29, 1.82) is 0 Å². The number of rotatable bonds is 10. The Morgan fingerprint density at radius 3 is 2.59 bits per heavy atom. The van der Waals surface area contributed by atoms with Crippen LogP contribution in [0.2, 0.25) is 0 Å². The standard InChI is InChI=1S/C8H18N2O6S/c1-10(4-2-8(12)13)17(14,15)9-3-6-16-7-5-11/h9,11H,2-7H2,1H3,(H,12,13). The molecule has 0 aromatic rings. The molecule has 0 fully saturated rings. The third kappa shape index (κ3) is 8.05. The lowest BCUT2D eigenvalue weighted by Gasteiger charge is -2.16. The Morgan fingerprint density at radius 1 is 1.41 bits per heavy atom. The molecule has 0 amide bonds. The number of aliphatic hydroxyl groups is 1. The van der Waals surface area contributed by atoms with Gasteiger partial charge in [0.2, 0.25) is 0 Å². The first-order valence-electron chi connectivity index (χ1n) is 5.01. The van der Waals surface area contributed by atoms with E-state index >= 15 is 0 Å². The van der Waals surface area contributed by atoms with Crippen molar-refractivity contribution < 1.29 is 28.2 Å². The monoisotopic (exact) mass is 270 g/mol. The van der Waals surface area contributed by atoms with Gasteiger partial charge < -0.3 is 14.9 Å². The fourth-order valence-corrected chi connectivity index (χ4v) is 1.79. The van der Waals surface area contributed by atoms with E-state index in [2.05, 4.69) is 4.72 Å². The van der Waals surface area contributed by atoms with Crippen LogP contribution in [0.4, 0.5) is 0 Å². The van der Waals surface area contributed by atoms with Gasteiger partial charge in [-0.25, -0.2) is 0 Å². The van der Waals surface area contributed by atoms with Crippen LogP contribution in [0.15, 0.2) is 0 Å². The average molecular weight is 270 g/mol. The van der Waals surface area contributed by atoms with Crippen molar-refractivity contribution in [1.82, 2.24) is 9.03 Å².